The van der Waals surface area contributed by atoms with Crippen LogP contribution in [0, 0.1) is 5.92 Å². The Bertz CT molecular complexity index is 566. The van der Waals surface area contributed by atoms with Crippen LogP contribution in [-0.2, 0) is 4.74 Å². The van der Waals surface area contributed by atoms with Crippen LogP contribution in [0.5, 0.6) is 0 Å². The smallest absolute Gasteiger partial charge is 0.168 e. The number of ketones is 1. The van der Waals surface area contributed by atoms with Crippen molar-refractivity contribution in [2.75, 3.05) is 13.2 Å². The van der Waals surface area contributed by atoms with E-state index >= 15 is 0 Å². The van der Waals surface area contributed by atoms with E-state index in [1.54, 1.807) is 0 Å². The number of Topliss-reactive ketones (excluding diaryl/α,β-unsaturated/α-hetero) is 1. The van der Waals surface area contributed by atoms with E-state index in [0.717, 1.165) is 30.6 Å². The molecule has 1 atom stereocenters. The molecule has 0 aliphatic carbocycles. The lowest BCUT2D eigenvalue weighted by molar-refractivity contribution is 0.0461. The van der Waals surface area contributed by atoms with Gasteiger partial charge in [0.05, 0.1) is 6.61 Å². The molecule has 1 saturated heterocycles. The molecule has 2 heteroatoms. The molecule has 0 saturated carbocycles. The van der Waals surface area contributed by atoms with Crippen LogP contribution in [-0.4, -0.2) is 19.0 Å². The summed E-state index contributed by atoms with van der Waals surface area (Å²) < 4.78 is 5.40. The van der Waals surface area contributed by atoms with Gasteiger partial charge in [-0.1, -0.05) is 54.6 Å². The third-order valence-electron chi connectivity index (χ3n) is 3.81. The summed E-state index contributed by atoms with van der Waals surface area (Å²) in [5, 5.41) is 0. The summed E-state index contributed by atoms with van der Waals surface area (Å²) in [5.74, 6) is 0.246. The second kappa shape index (κ2) is 6.02. The van der Waals surface area contributed by atoms with Crippen LogP contribution < -0.4 is 0 Å². The molecule has 2 nitrogen and oxygen atoms in total. The SMILES string of the molecule is O=C(c1ccc(-c2ccccc2)cc1)C1CCCOC1. The highest BCUT2D eigenvalue weighted by atomic mass is 16.5. The van der Waals surface area contributed by atoms with Crippen molar-refractivity contribution in [1.82, 2.24) is 0 Å². The Hall–Kier alpha value is -1.93. The molecular formula is C18H18O2. The Kier molecular flexibility index (Phi) is 3.93. The number of rotatable bonds is 3. The van der Waals surface area contributed by atoms with E-state index in [0.29, 0.717) is 6.61 Å². The molecule has 0 bridgehead atoms. The maximum atomic E-state index is 12.4. The molecule has 20 heavy (non-hydrogen) atoms. The maximum absolute atomic E-state index is 12.4. The first-order valence-electron chi connectivity index (χ1n) is 7.12. The van der Waals surface area contributed by atoms with E-state index in [-0.39, 0.29) is 11.7 Å². The Morgan fingerprint density at radius 2 is 1.65 bits per heavy atom. The Morgan fingerprint density at radius 1 is 0.950 bits per heavy atom. The van der Waals surface area contributed by atoms with E-state index in [1.165, 1.54) is 5.56 Å². The molecular weight excluding hydrogens is 248 g/mol. The fourth-order valence-electron chi connectivity index (χ4n) is 2.64. The monoisotopic (exact) mass is 266 g/mol. The van der Waals surface area contributed by atoms with Crippen LogP contribution in [0.1, 0.15) is 23.2 Å². The van der Waals surface area contributed by atoms with Gasteiger partial charge in [-0.25, -0.2) is 0 Å². The highest BCUT2D eigenvalue weighted by Crippen LogP contribution is 2.22. The molecule has 3 rings (SSSR count). The van der Waals surface area contributed by atoms with Gasteiger partial charge in [-0.2, -0.15) is 0 Å². The van der Waals surface area contributed by atoms with Crippen molar-refractivity contribution in [2.45, 2.75) is 12.8 Å². The van der Waals surface area contributed by atoms with Gasteiger partial charge in [0.15, 0.2) is 5.78 Å². The molecule has 1 heterocycles. The van der Waals surface area contributed by atoms with Crippen LogP contribution in [0.4, 0.5) is 0 Å². The van der Waals surface area contributed by atoms with Gasteiger partial charge in [0.2, 0.25) is 0 Å². The quantitative estimate of drug-likeness (QED) is 0.786. The highest BCUT2D eigenvalue weighted by Gasteiger charge is 2.22. The van der Waals surface area contributed by atoms with Crippen molar-refractivity contribution in [3.8, 4) is 11.1 Å². The molecule has 1 aliphatic heterocycles. The van der Waals surface area contributed by atoms with Crippen molar-refractivity contribution in [3.63, 3.8) is 0 Å². The maximum Gasteiger partial charge on any atom is 0.168 e. The lowest BCUT2D eigenvalue weighted by Crippen LogP contribution is -2.25. The molecule has 2 aromatic carbocycles. The van der Waals surface area contributed by atoms with Gasteiger partial charge in [-0.3, -0.25) is 4.79 Å². The minimum absolute atomic E-state index is 0.0336. The first-order valence-corrected chi connectivity index (χ1v) is 7.12. The summed E-state index contributed by atoms with van der Waals surface area (Å²) in [6.07, 6.45) is 1.93. The summed E-state index contributed by atoms with van der Waals surface area (Å²) in [7, 11) is 0. The van der Waals surface area contributed by atoms with Crippen molar-refractivity contribution in [2.24, 2.45) is 5.92 Å². The van der Waals surface area contributed by atoms with E-state index in [2.05, 4.69) is 12.1 Å². The second-order valence-electron chi connectivity index (χ2n) is 5.22. The van der Waals surface area contributed by atoms with Gasteiger partial charge >= 0.3 is 0 Å². The number of ether oxygens (including phenoxy) is 1. The van der Waals surface area contributed by atoms with E-state index in [9.17, 15) is 4.79 Å². The molecule has 1 fully saturated rings. The molecule has 102 valence electrons. The van der Waals surface area contributed by atoms with Gasteiger partial charge in [0.1, 0.15) is 0 Å². The van der Waals surface area contributed by atoms with Gasteiger partial charge in [-0.05, 0) is 24.0 Å². The molecule has 2 aromatic rings. The lowest BCUT2D eigenvalue weighted by atomic mass is 9.92. The van der Waals surface area contributed by atoms with Crippen LogP contribution in [0.3, 0.4) is 0 Å². The molecule has 0 radical (unpaired) electrons. The minimum Gasteiger partial charge on any atom is -0.381 e. The summed E-state index contributed by atoms with van der Waals surface area (Å²) in [4.78, 5) is 12.4. The molecule has 0 N–H and O–H groups in total. The largest absolute Gasteiger partial charge is 0.381 e. The fraction of sp³-hybridized carbons (Fsp3) is 0.278. The second-order valence-corrected chi connectivity index (χ2v) is 5.22. The number of hydrogen-bond acceptors (Lipinski definition) is 2. The molecule has 0 amide bonds. The van der Waals surface area contributed by atoms with E-state index in [1.807, 2.05) is 42.5 Å². The average molecular weight is 266 g/mol. The fourth-order valence-corrected chi connectivity index (χ4v) is 2.64. The van der Waals surface area contributed by atoms with Crippen molar-refractivity contribution < 1.29 is 9.53 Å². The topological polar surface area (TPSA) is 26.3 Å². The number of hydrogen-bond donors (Lipinski definition) is 0. The van der Waals surface area contributed by atoms with Crippen molar-refractivity contribution >= 4 is 5.78 Å². The summed E-state index contributed by atoms with van der Waals surface area (Å²) in [6, 6.07) is 18.1. The van der Waals surface area contributed by atoms with Crippen LogP contribution in [0.25, 0.3) is 11.1 Å². The summed E-state index contributed by atoms with van der Waals surface area (Å²) >= 11 is 0. The number of carbonyl (C=O) groups excluding carboxylic acids is 1. The molecule has 1 aliphatic rings. The van der Waals surface area contributed by atoms with Gasteiger partial charge in [0, 0.05) is 18.1 Å². The molecule has 0 spiro atoms. The Balaban J connectivity index is 1.77. The van der Waals surface area contributed by atoms with Crippen LogP contribution in [0.2, 0.25) is 0 Å². The first-order chi connectivity index (χ1) is 9.84. The molecule has 0 aromatic heterocycles. The summed E-state index contributed by atoms with van der Waals surface area (Å²) in [6.45, 7) is 1.36. The standard InChI is InChI=1S/C18H18O2/c19-18(17-7-4-12-20-13-17)16-10-8-15(9-11-16)14-5-2-1-3-6-14/h1-3,5-6,8-11,17H,4,7,12-13H2. The van der Waals surface area contributed by atoms with Crippen LogP contribution >= 0.6 is 0 Å². The highest BCUT2D eigenvalue weighted by molar-refractivity contribution is 5.98. The van der Waals surface area contributed by atoms with Crippen molar-refractivity contribution in [3.05, 3.63) is 60.2 Å². The zero-order chi connectivity index (χ0) is 13.8. The normalized spacial score (nSPS) is 18.7. The van der Waals surface area contributed by atoms with E-state index < -0.39 is 0 Å². The third kappa shape index (κ3) is 2.81. The minimum atomic E-state index is 0.0336. The van der Waals surface area contributed by atoms with Gasteiger partial charge in [0.25, 0.3) is 0 Å². The average Bonchev–Trinajstić information content (AvgIpc) is 2.56. The van der Waals surface area contributed by atoms with E-state index in [4.69, 9.17) is 4.74 Å². The predicted octanol–water partition coefficient (Wildman–Crippen LogP) is 3.96. The Morgan fingerprint density at radius 3 is 2.30 bits per heavy atom. The van der Waals surface area contributed by atoms with Gasteiger partial charge in [-0.15, -0.1) is 0 Å². The number of benzene rings is 2. The van der Waals surface area contributed by atoms with Gasteiger partial charge < -0.3 is 4.74 Å². The predicted molar refractivity (Wildman–Crippen MR) is 79.8 cm³/mol. The third-order valence-corrected chi connectivity index (χ3v) is 3.81. The zero-order valence-corrected chi connectivity index (χ0v) is 11.4. The molecule has 1 unspecified atom stereocenters. The number of carbonyl (C=O) groups is 1. The lowest BCUT2D eigenvalue weighted by Gasteiger charge is -2.20. The Labute approximate surface area is 119 Å². The zero-order valence-electron chi connectivity index (χ0n) is 11.4. The van der Waals surface area contributed by atoms with Crippen molar-refractivity contribution in [1.29, 1.82) is 0 Å². The first kappa shape index (κ1) is 13.1. The van der Waals surface area contributed by atoms with Crippen LogP contribution in [0.15, 0.2) is 54.6 Å². The summed E-state index contributed by atoms with van der Waals surface area (Å²) in [5.41, 5.74) is 3.11.